The summed E-state index contributed by atoms with van der Waals surface area (Å²) in [6.07, 6.45) is 14.5. The molecule has 0 aliphatic carbocycles. The highest BCUT2D eigenvalue weighted by atomic mass is 32.2. The first-order chi connectivity index (χ1) is 27.5. The van der Waals surface area contributed by atoms with Gasteiger partial charge in [0.15, 0.2) is 0 Å². The van der Waals surface area contributed by atoms with E-state index >= 15 is 0 Å². The van der Waals surface area contributed by atoms with E-state index in [4.69, 9.17) is 0 Å². The molecule has 11 nitrogen and oxygen atoms in total. The largest absolute Gasteiger partial charge is 0.282 e. The van der Waals surface area contributed by atoms with Crippen molar-refractivity contribution in [2.24, 2.45) is 5.92 Å². The van der Waals surface area contributed by atoms with Crippen LogP contribution in [-0.4, -0.2) is 106 Å². The second-order valence-corrected chi connectivity index (χ2v) is 21.4. The molecule has 4 aliphatic heterocycles. The number of rotatable bonds is 16. The Kier molecular flexibility index (Phi) is 15.9. The van der Waals surface area contributed by atoms with Gasteiger partial charge in [0.1, 0.15) is 0 Å². The maximum atomic E-state index is 13.3. The van der Waals surface area contributed by atoms with Gasteiger partial charge in [-0.15, -0.1) is 0 Å². The fourth-order valence-electron chi connectivity index (χ4n) is 8.04. The van der Waals surface area contributed by atoms with Gasteiger partial charge in [0.25, 0.3) is 20.4 Å². The summed E-state index contributed by atoms with van der Waals surface area (Å²) in [5.74, 6) is -0.267. The molecule has 0 amide bonds. The summed E-state index contributed by atoms with van der Waals surface area (Å²) in [7, 11) is -10.3. The first kappa shape index (κ1) is 43.6. The third-order valence-corrected chi connectivity index (χ3v) is 17.0. The second-order valence-electron chi connectivity index (χ2n) is 15.8. The van der Waals surface area contributed by atoms with Gasteiger partial charge in [0.05, 0.1) is 5.75 Å². The summed E-state index contributed by atoms with van der Waals surface area (Å²) in [5, 5.41) is 0. The lowest BCUT2D eigenvalue weighted by molar-refractivity contribution is 0.332. The molecule has 4 heterocycles. The fraction of sp³-hybridized carbons (Fsp3) is 0.535. The third-order valence-electron chi connectivity index (χ3n) is 11.3. The average Bonchev–Trinajstić information content (AvgIpc) is 4.02. The molecule has 4 aliphatic rings. The quantitative estimate of drug-likeness (QED) is 0.144. The van der Waals surface area contributed by atoms with Crippen LogP contribution in [0.25, 0.3) is 0 Å². The molecule has 312 valence electrons. The first-order valence-corrected chi connectivity index (χ1v) is 25.3. The molecule has 4 atom stereocenters. The molecule has 7 rings (SSSR count). The molecule has 3 aromatic carbocycles. The summed E-state index contributed by atoms with van der Waals surface area (Å²) in [6, 6.07) is 29.5. The van der Waals surface area contributed by atoms with Gasteiger partial charge in [-0.2, -0.15) is 34.5 Å². The number of nitrogens with zero attached hydrogens (tertiary/aromatic N) is 4. The van der Waals surface area contributed by atoms with Crippen LogP contribution in [0.3, 0.4) is 0 Å². The fourth-order valence-corrected chi connectivity index (χ4v) is 13.1. The van der Waals surface area contributed by atoms with Crippen LogP contribution in [0, 0.1) is 5.92 Å². The van der Waals surface area contributed by atoms with Crippen LogP contribution >= 0.6 is 0 Å². The zero-order valence-corrected chi connectivity index (χ0v) is 35.6. The van der Waals surface area contributed by atoms with E-state index in [0.29, 0.717) is 58.7 Å². The smallest absolute Gasteiger partial charge is 0.212 e. The van der Waals surface area contributed by atoms with E-state index in [0.717, 1.165) is 75.3 Å². The van der Waals surface area contributed by atoms with E-state index in [1.807, 2.05) is 91.0 Å². The minimum absolute atomic E-state index is 0.00925. The van der Waals surface area contributed by atoms with Crippen LogP contribution in [-0.2, 0) is 49.7 Å². The number of piperidine rings is 3. The van der Waals surface area contributed by atoms with Gasteiger partial charge in [-0.3, -0.25) is 0 Å². The van der Waals surface area contributed by atoms with E-state index in [1.54, 1.807) is 12.9 Å². The second kappa shape index (κ2) is 20.8. The predicted molar refractivity (Wildman–Crippen MR) is 228 cm³/mol. The van der Waals surface area contributed by atoms with Crippen LogP contribution in [0.4, 0.5) is 0 Å². The van der Waals surface area contributed by atoms with Gasteiger partial charge in [-0.05, 0) is 80.4 Å². The molecule has 0 radical (unpaired) electrons. The number of benzene rings is 3. The van der Waals surface area contributed by atoms with Crippen molar-refractivity contribution < 1.29 is 25.3 Å². The molecule has 4 fully saturated rings. The Bertz CT molecular complexity index is 1920. The Morgan fingerprint density at radius 2 is 1.00 bits per heavy atom. The van der Waals surface area contributed by atoms with Crippen molar-refractivity contribution in [1.82, 2.24) is 21.9 Å². The van der Waals surface area contributed by atoms with Crippen molar-refractivity contribution in [2.45, 2.75) is 89.1 Å². The molecule has 14 heteroatoms. The summed E-state index contributed by atoms with van der Waals surface area (Å²) < 4.78 is 87.3. The van der Waals surface area contributed by atoms with E-state index in [2.05, 4.69) is 16.9 Å². The highest BCUT2D eigenvalue weighted by molar-refractivity contribution is 7.89. The number of sulfonamides is 1. The molecular weight excluding hydrogens is 779 g/mol. The van der Waals surface area contributed by atoms with Gasteiger partial charge >= 0.3 is 0 Å². The van der Waals surface area contributed by atoms with Crippen molar-refractivity contribution in [2.75, 3.05) is 51.6 Å². The predicted octanol–water partition coefficient (Wildman–Crippen LogP) is 5.79. The summed E-state index contributed by atoms with van der Waals surface area (Å²) in [5.41, 5.74) is 3.29. The zero-order valence-electron chi connectivity index (χ0n) is 33.2. The van der Waals surface area contributed by atoms with Crippen molar-refractivity contribution in [3.63, 3.8) is 0 Å². The molecule has 3 aromatic rings. The SMILES string of the molecule is O=S(=O)(C[C@H](/C=C/[C@H](Cc1ccccc1)NS(=O)(=O)N1CCCCC1)Cc1ccccc1)N1CCCCC1.O=S(=O)(N1CCCCC1)N1C[C@@H]1Cc1ccccc1. The normalized spacial score (nSPS) is 22.7. The number of nitrogens with one attached hydrogen (secondary N) is 1. The van der Waals surface area contributed by atoms with Crippen molar-refractivity contribution >= 4 is 30.4 Å². The maximum absolute atomic E-state index is 13.3. The summed E-state index contributed by atoms with van der Waals surface area (Å²) in [6.45, 7) is 4.28. The lowest BCUT2D eigenvalue weighted by Gasteiger charge is -2.28. The topological polar surface area (TPSA) is 127 Å². The molecule has 0 saturated carbocycles. The molecule has 57 heavy (non-hydrogen) atoms. The zero-order chi connectivity index (χ0) is 40.1. The van der Waals surface area contributed by atoms with Crippen molar-refractivity contribution in [3.8, 4) is 0 Å². The van der Waals surface area contributed by atoms with Crippen LogP contribution in [0.1, 0.15) is 74.5 Å². The van der Waals surface area contributed by atoms with E-state index in [-0.39, 0.29) is 17.7 Å². The highest BCUT2D eigenvalue weighted by Crippen LogP contribution is 2.30. The van der Waals surface area contributed by atoms with Crippen LogP contribution in [0.15, 0.2) is 103 Å². The minimum Gasteiger partial charge on any atom is -0.212 e. The van der Waals surface area contributed by atoms with Crippen LogP contribution in [0.5, 0.6) is 0 Å². The number of allylic oxidation sites excluding steroid dienone is 1. The summed E-state index contributed by atoms with van der Waals surface area (Å²) in [4.78, 5) is 0. The molecule has 1 unspecified atom stereocenters. The van der Waals surface area contributed by atoms with Gasteiger partial charge in [0, 0.05) is 57.9 Å². The maximum Gasteiger partial charge on any atom is 0.282 e. The molecule has 0 spiro atoms. The van der Waals surface area contributed by atoms with E-state index in [1.165, 1.54) is 9.87 Å². The molecular formula is C43H61N5O6S3. The van der Waals surface area contributed by atoms with Gasteiger partial charge < -0.3 is 0 Å². The lowest BCUT2D eigenvalue weighted by atomic mass is 9.98. The van der Waals surface area contributed by atoms with Crippen LogP contribution in [0.2, 0.25) is 0 Å². The standard InChI is InChI=1S/C29H41N3O4S2.C14H20N2O2S/c33-37(34,31-19-9-3-10-20-31)25-28(23-26-13-5-1-6-14-26)17-18-29(24-27-15-7-2-8-16-27)30-38(35,36)32-21-11-4-12-22-32;17-19(18,15-9-5-2-6-10-15)16-12-14(16)11-13-7-3-1-4-8-13/h1-2,5-8,13-18,28-30H,3-4,9-12,19-25H2;1,3-4,7-8,14H,2,5-6,9-12H2/b18-17+;/t28-,29-;14-,16?/m10/s1. The van der Waals surface area contributed by atoms with Gasteiger partial charge in [-0.25, -0.2) is 12.7 Å². The molecule has 4 saturated heterocycles. The van der Waals surface area contributed by atoms with Crippen molar-refractivity contribution in [3.05, 3.63) is 120 Å². The van der Waals surface area contributed by atoms with E-state index < -0.39 is 36.5 Å². The van der Waals surface area contributed by atoms with Gasteiger partial charge in [-0.1, -0.05) is 122 Å². The highest BCUT2D eigenvalue weighted by Gasteiger charge is 2.46. The Morgan fingerprint density at radius 1 is 0.544 bits per heavy atom. The Balaban J connectivity index is 0.000000240. The lowest BCUT2D eigenvalue weighted by Crippen LogP contribution is -2.47. The number of hydrogen-bond donors (Lipinski definition) is 1. The monoisotopic (exact) mass is 839 g/mol. The van der Waals surface area contributed by atoms with E-state index in [9.17, 15) is 25.3 Å². The summed E-state index contributed by atoms with van der Waals surface area (Å²) >= 11 is 0. The molecule has 0 aromatic heterocycles. The Morgan fingerprint density at radius 3 is 1.53 bits per heavy atom. The van der Waals surface area contributed by atoms with Crippen molar-refractivity contribution in [1.29, 1.82) is 0 Å². The Labute approximate surface area is 342 Å². The first-order valence-electron chi connectivity index (χ1n) is 20.8. The average molecular weight is 840 g/mol. The molecule has 0 bridgehead atoms. The molecule has 1 N–H and O–H groups in total. The van der Waals surface area contributed by atoms with Gasteiger partial charge in [0.2, 0.25) is 10.0 Å². The third kappa shape index (κ3) is 13.3. The minimum atomic E-state index is -3.66. The van der Waals surface area contributed by atoms with Crippen LogP contribution < -0.4 is 4.72 Å². The Hall–Kier alpha value is -2.95. The number of hydrogen-bond acceptors (Lipinski definition) is 6.